The second kappa shape index (κ2) is 4.42. The van der Waals surface area contributed by atoms with E-state index >= 15 is 0 Å². The molecule has 0 fully saturated rings. The SMILES string of the molecule is C=C(C)CNC(=O)c1cc(C)c(C)s1. The lowest BCUT2D eigenvalue weighted by Gasteiger charge is -2.01. The van der Waals surface area contributed by atoms with Crippen LogP contribution in [0.25, 0.3) is 0 Å². The lowest BCUT2D eigenvalue weighted by molar-refractivity contribution is 0.0961. The Balaban J connectivity index is 2.65. The number of amides is 1. The molecule has 76 valence electrons. The summed E-state index contributed by atoms with van der Waals surface area (Å²) in [5.41, 5.74) is 2.14. The van der Waals surface area contributed by atoms with E-state index < -0.39 is 0 Å². The first kappa shape index (κ1) is 11.0. The normalized spacial score (nSPS) is 9.93. The van der Waals surface area contributed by atoms with Gasteiger partial charge < -0.3 is 5.32 Å². The molecule has 1 amide bonds. The molecule has 0 aliphatic carbocycles. The Morgan fingerprint density at radius 2 is 2.21 bits per heavy atom. The monoisotopic (exact) mass is 209 g/mol. The standard InChI is InChI=1S/C11H15NOS/c1-7(2)6-12-11(13)10-5-8(3)9(4)14-10/h5H,1,6H2,2-4H3,(H,12,13). The zero-order valence-corrected chi connectivity index (χ0v) is 9.62. The summed E-state index contributed by atoms with van der Waals surface area (Å²) in [4.78, 5) is 13.6. The van der Waals surface area contributed by atoms with Crippen molar-refractivity contribution in [2.75, 3.05) is 6.54 Å². The molecule has 0 atom stereocenters. The first-order valence-corrected chi connectivity index (χ1v) is 5.32. The first-order chi connectivity index (χ1) is 6.50. The van der Waals surface area contributed by atoms with E-state index in [0.717, 1.165) is 10.5 Å². The van der Waals surface area contributed by atoms with Gasteiger partial charge >= 0.3 is 0 Å². The Hall–Kier alpha value is -1.09. The van der Waals surface area contributed by atoms with Crippen LogP contribution in [0, 0.1) is 13.8 Å². The van der Waals surface area contributed by atoms with Crippen LogP contribution in [0.1, 0.15) is 27.0 Å². The fourth-order valence-corrected chi connectivity index (χ4v) is 1.95. The van der Waals surface area contributed by atoms with Gasteiger partial charge in [-0.05, 0) is 32.4 Å². The maximum Gasteiger partial charge on any atom is 0.261 e. The number of carbonyl (C=O) groups excluding carboxylic acids is 1. The van der Waals surface area contributed by atoms with Crippen LogP contribution in [0.2, 0.25) is 0 Å². The molecule has 2 nitrogen and oxygen atoms in total. The lowest BCUT2D eigenvalue weighted by atomic mass is 10.3. The Morgan fingerprint density at radius 1 is 1.57 bits per heavy atom. The summed E-state index contributed by atoms with van der Waals surface area (Å²) in [6, 6.07) is 1.92. The Morgan fingerprint density at radius 3 is 2.64 bits per heavy atom. The van der Waals surface area contributed by atoms with Crippen molar-refractivity contribution in [2.45, 2.75) is 20.8 Å². The van der Waals surface area contributed by atoms with Crippen LogP contribution in [0.4, 0.5) is 0 Å². The summed E-state index contributed by atoms with van der Waals surface area (Å²) >= 11 is 1.53. The molecule has 1 aromatic heterocycles. The Labute approximate surface area is 88.6 Å². The highest BCUT2D eigenvalue weighted by Crippen LogP contribution is 2.20. The first-order valence-electron chi connectivity index (χ1n) is 4.50. The molecule has 1 rings (SSSR count). The van der Waals surface area contributed by atoms with E-state index in [4.69, 9.17) is 0 Å². The fraction of sp³-hybridized carbons (Fsp3) is 0.364. The van der Waals surface area contributed by atoms with Crippen molar-refractivity contribution in [3.05, 3.63) is 33.5 Å². The molecule has 0 saturated carbocycles. The zero-order valence-electron chi connectivity index (χ0n) is 8.81. The van der Waals surface area contributed by atoms with Crippen LogP contribution in [-0.4, -0.2) is 12.5 Å². The van der Waals surface area contributed by atoms with E-state index in [9.17, 15) is 4.79 Å². The molecule has 0 bridgehead atoms. The van der Waals surface area contributed by atoms with Crippen molar-refractivity contribution in [3.63, 3.8) is 0 Å². The molecule has 0 aromatic carbocycles. The zero-order chi connectivity index (χ0) is 10.7. The molecule has 1 N–H and O–H groups in total. The number of thiophene rings is 1. The topological polar surface area (TPSA) is 29.1 Å². The van der Waals surface area contributed by atoms with Crippen LogP contribution in [0.15, 0.2) is 18.2 Å². The molecule has 1 heterocycles. The average Bonchev–Trinajstić information content (AvgIpc) is 2.43. The minimum absolute atomic E-state index is 0.00537. The maximum absolute atomic E-state index is 11.6. The van der Waals surface area contributed by atoms with Gasteiger partial charge in [-0.2, -0.15) is 0 Å². The van der Waals surface area contributed by atoms with Crippen molar-refractivity contribution < 1.29 is 4.79 Å². The van der Waals surface area contributed by atoms with E-state index in [1.54, 1.807) is 0 Å². The molecule has 1 aromatic rings. The van der Waals surface area contributed by atoms with Crippen molar-refractivity contribution in [1.29, 1.82) is 0 Å². The van der Waals surface area contributed by atoms with Gasteiger partial charge in [-0.15, -0.1) is 11.3 Å². The van der Waals surface area contributed by atoms with E-state index in [1.165, 1.54) is 21.8 Å². The summed E-state index contributed by atoms with van der Waals surface area (Å²) < 4.78 is 0. The molecule has 14 heavy (non-hydrogen) atoms. The molecule has 0 radical (unpaired) electrons. The fourth-order valence-electron chi connectivity index (χ4n) is 1.00. The molecule has 3 heteroatoms. The molecule has 0 saturated heterocycles. The van der Waals surface area contributed by atoms with Gasteiger partial charge in [0.15, 0.2) is 0 Å². The van der Waals surface area contributed by atoms with Crippen molar-refractivity contribution in [1.82, 2.24) is 5.32 Å². The van der Waals surface area contributed by atoms with Gasteiger partial charge in [-0.1, -0.05) is 12.2 Å². The van der Waals surface area contributed by atoms with E-state index in [2.05, 4.69) is 11.9 Å². The molecular weight excluding hydrogens is 194 g/mol. The van der Waals surface area contributed by atoms with Gasteiger partial charge in [-0.3, -0.25) is 4.79 Å². The average molecular weight is 209 g/mol. The summed E-state index contributed by atoms with van der Waals surface area (Å²) in [5.74, 6) is -0.00537. The Kier molecular flexibility index (Phi) is 3.47. The third-order valence-corrected chi connectivity index (χ3v) is 3.09. The van der Waals surface area contributed by atoms with Crippen molar-refractivity contribution in [2.24, 2.45) is 0 Å². The highest BCUT2D eigenvalue weighted by Gasteiger charge is 2.09. The third kappa shape index (κ3) is 2.70. The number of hydrogen-bond acceptors (Lipinski definition) is 2. The van der Waals surface area contributed by atoms with Gasteiger partial charge in [0.2, 0.25) is 0 Å². The van der Waals surface area contributed by atoms with E-state index in [-0.39, 0.29) is 5.91 Å². The van der Waals surface area contributed by atoms with Crippen molar-refractivity contribution >= 4 is 17.2 Å². The van der Waals surface area contributed by atoms with Gasteiger partial charge in [0, 0.05) is 11.4 Å². The summed E-state index contributed by atoms with van der Waals surface area (Å²) in [7, 11) is 0. The van der Waals surface area contributed by atoms with Crippen LogP contribution in [0.5, 0.6) is 0 Å². The highest BCUT2D eigenvalue weighted by molar-refractivity contribution is 7.14. The third-order valence-electron chi connectivity index (χ3n) is 1.94. The highest BCUT2D eigenvalue weighted by atomic mass is 32.1. The smallest absolute Gasteiger partial charge is 0.261 e. The van der Waals surface area contributed by atoms with Gasteiger partial charge in [0.25, 0.3) is 5.91 Å². The van der Waals surface area contributed by atoms with E-state index in [0.29, 0.717) is 6.54 Å². The van der Waals surface area contributed by atoms with E-state index in [1.807, 2.05) is 26.8 Å². The summed E-state index contributed by atoms with van der Waals surface area (Å²) in [6.45, 7) is 10.2. The molecule has 0 aliphatic heterocycles. The van der Waals surface area contributed by atoms with Crippen LogP contribution in [0.3, 0.4) is 0 Å². The van der Waals surface area contributed by atoms with Crippen LogP contribution >= 0.6 is 11.3 Å². The van der Waals surface area contributed by atoms with Crippen LogP contribution in [-0.2, 0) is 0 Å². The molecule has 0 unspecified atom stereocenters. The second-order valence-electron chi connectivity index (χ2n) is 3.49. The largest absolute Gasteiger partial charge is 0.348 e. The predicted octanol–water partition coefficient (Wildman–Crippen LogP) is 2.67. The second-order valence-corrected chi connectivity index (χ2v) is 4.75. The van der Waals surface area contributed by atoms with Gasteiger partial charge in [0.05, 0.1) is 4.88 Å². The number of carbonyl (C=O) groups is 1. The van der Waals surface area contributed by atoms with Crippen LogP contribution < -0.4 is 5.32 Å². The summed E-state index contributed by atoms with van der Waals surface area (Å²) in [6.07, 6.45) is 0. The minimum atomic E-state index is -0.00537. The maximum atomic E-state index is 11.6. The van der Waals surface area contributed by atoms with Gasteiger partial charge in [0.1, 0.15) is 0 Å². The number of aryl methyl sites for hydroxylation is 2. The Bertz CT molecular complexity index is 346. The predicted molar refractivity (Wildman–Crippen MR) is 60.9 cm³/mol. The number of hydrogen-bond donors (Lipinski definition) is 1. The number of nitrogens with one attached hydrogen (secondary N) is 1. The molecule has 0 aliphatic rings. The number of rotatable bonds is 3. The minimum Gasteiger partial charge on any atom is -0.348 e. The summed E-state index contributed by atoms with van der Waals surface area (Å²) in [5, 5.41) is 2.81. The molecular formula is C11H15NOS. The molecule has 0 spiro atoms. The lowest BCUT2D eigenvalue weighted by Crippen LogP contribution is -2.23. The van der Waals surface area contributed by atoms with Gasteiger partial charge in [-0.25, -0.2) is 0 Å². The quantitative estimate of drug-likeness (QED) is 0.762. The van der Waals surface area contributed by atoms with Crippen molar-refractivity contribution in [3.8, 4) is 0 Å².